The first-order valence-corrected chi connectivity index (χ1v) is 45.5. The summed E-state index contributed by atoms with van der Waals surface area (Å²) in [6.07, 6.45) is 0. The van der Waals surface area contributed by atoms with Crippen molar-refractivity contribution < 1.29 is 4.57 Å². The van der Waals surface area contributed by atoms with Crippen molar-refractivity contribution in [2.45, 2.75) is 0 Å². The summed E-state index contributed by atoms with van der Waals surface area (Å²) in [7, 11) is 39.0. The van der Waals surface area contributed by atoms with E-state index >= 15 is 0 Å². The number of hydrogen-bond acceptors (Lipinski definition) is 1. The van der Waals surface area contributed by atoms with E-state index < -0.39 is 0 Å². The minimum atomic E-state index is 0.262. The summed E-state index contributed by atoms with van der Waals surface area (Å²) in [6.45, 7) is 1.20. The van der Waals surface area contributed by atoms with E-state index in [1.54, 1.807) is 106 Å². The summed E-state index contributed by atoms with van der Waals surface area (Å²) < 4.78 is 10.3. The van der Waals surface area contributed by atoms with Crippen LogP contribution in [-0.4, -0.2) is 0 Å². The molecular weight excluding hydrogens is 821 g/mol. The Hall–Kier alpha value is 7.86. The first kappa shape index (κ1) is 34.9. The Morgan fingerprint density at radius 2 is 0.481 bits per heavy atom. The first-order valence-electron chi connectivity index (χ1n) is 5.18. The third-order valence-electron chi connectivity index (χ3n) is 0.957. The fourth-order valence-corrected chi connectivity index (χ4v) is 97.0. The molecule has 27 heavy (non-hydrogen) atoms. The molecule has 0 bridgehead atoms. The topological polar surface area (TPSA) is 17.1 Å². The average Bonchev–Trinajstić information content (AvgIpc) is 2.68. The molecule has 0 N–H and O–H groups in total. The molecule has 0 aliphatic heterocycles. The monoisotopic (exact) mass is 821 g/mol. The molecule has 0 spiro atoms. The molecule has 0 saturated heterocycles. The fraction of sp³-hybridized carbons (Fsp3) is 0. The van der Waals surface area contributed by atoms with Crippen LogP contribution < -0.4 is 0 Å². The van der Waals surface area contributed by atoms with Crippen LogP contribution in [0.15, 0.2) is 0 Å². The van der Waals surface area contributed by atoms with Crippen LogP contribution in [0.2, 0.25) is 0 Å². The number of hydrogen-bond donors (Lipinski definition) is 0. The third-order valence-corrected chi connectivity index (χ3v) is 75.5. The minimum absolute atomic E-state index is 0.262. The van der Waals surface area contributed by atoms with Gasteiger partial charge in [-0.05, 0) is 0 Å². The quantitative estimate of drug-likeness (QED) is 0.179. The molecule has 0 aliphatic carbocycles. The zero-order valence-electron chi connectivity index (χ0n) is 12.0. The second-order valence-corrected chi connectivity index (χ2v) is 58.7. The van der Waals surface area contributed by atoms with Crippen molar-refractivity contribution in [2.75, 3.05) is 0 Å². The van der Waals surface area contributed by atoms with Gasteiger partial charge in [-0.3, -0.25) is 4.57 Å². The molecule has 0 atom stereocenters. The van der Waals surface area contributed by atoms with Gasteiger partial charge in [0.05, 0.1) is 0 Å². The van der Waals surface area contributed by atoms with Gasteiger partial charge in [-0.2, -0.15) is 0 Å². The van der Waals surface area contributed by atoms with Gasteiger partial charge >= 0.3 is 106 Å². The molecule has 27 heteroatoms. The van der Waals surface area contributed by atoms with Crippen molar-refractivity contribution in [3.8, 4) is 0 Å². The van der Waals surface area contributed by atoms with Crippen LogP contribution in [0.5, 0.6) is 0 Å². The molecule has 0 heterocycles. The van der Waals surface area contributed by atoms with Crippen LogP contribution in [0.3, 0.4) is 0 Å². The van der Waals surface area contributed by atoms with Crippen molar-refractivity contribution in [3.63, 3.8) is 0 Å². The summed E-state index contributed by atoms with van der Waals surface area (Å²) in [4.78, 5) is 0. The number of rotatable bonds is 12. The average molecular weight is 821 g/mol. The van der Waals surface area contributed by atoms with Crippen molar-refractivity contribution in [2.24, 2.45) is 0 Å². The van der Waals surface area contributed by atoms with Crippen LogP contribution in [0.25, 0.3) is 0 Å². The molecular formula is OP26. The van der Waals surface area contributed by atoms with Crippen LogP contribution in [0.4, 0.5) is 0 Å². The molecule has 0 aromatic rings. The molecule has 0 saturated carbocycles. The molecule has 0 aromatic heterocycles. The standard InChI is InChI=1S/OP26/c1-3-5-7-9-11-13-15-17-19-21-23-25-27-26-24-22-20-18-16-14-12-10-8-6-4-2. The Morgan fingerprint density at radius 3 is 0.667 bits per heavy atom. The van der Waals surface area contributed by atoms with Crippen molar-refractivity contribution in [3.05, 3.63) is 0 Å². The van der Waals surface area contributed by atoms with Crippen molar-refractivity contribution in [1.82, 2.24) is 0 Å². The molecule has 0 aliphatic rings. The van der Waals surface area contributed by atoms with Gasteiger partial charge in [-0.1, -0.05) is 0 Å². The van der Waals surface area contributed by atoms with Crippen LogP contribution in [0.1, 0.15) is 0 Å². The SMILES string of the molecule is O=P\P=P/P=P\P=P/P=P\P=P/P=P\P=P/P=P\P=P/P=P\P=P/P=P#P. The van der Waals surface area contributed by atoms with Gasteiger partial charge < -0.3 is 0 Å². The molecule has 0 unspecified atom stereocenters. The Kier molecular flexibility index (Phi) is 43.7. The summed E-state index contributed by atoms with van der Waals surface area (Å²) >= 11 is 0. The van der Waals surface area contributed by atoms with E-state index in [4.69, 9.17) is 0 Å². The molecule has 0 aromatic carbocycles. The second kappa shape index (κ2) is 33.9. The molecule has 0 fully saturated rings. The third kappa shape index (κ3) is 33.9. The zero-order chi connectivity index (χ0) is 19.7. The maximum atomic E-state index is 10.3. The molecule has 0 radical (unpaired) electrons. The Bertz CT molecular complexity index is 796. The zero-order valence-corrected chi connectivity index (χ0v) is 35.3. The van der Waals surface area contributed by atoms with E-state index in [-0.39, 0.29) is 8.15 Å². The van der Waals surface area contributed by atoms with Gasteiger partial charge in [0.1, 0.15) is 0 Å². The van der Waals surface area contributed by atoms with E-state index in [1.807, 2.05) is 0 Å². The van der Waals surface area contributed by atoms with Gasteiger partial charge in [0, 0.05) is 83.1 Å². The van der Waals surface area contributed by atoms with Gasteiger partial charge in [0.15, 0.2) is 0 Å². The van der Waals surface area contributed by atoms with E-state index in [9.17, 15) is 4.57 Å². The van der Waals surface area contributed by atoms with Gasteiger partial charge in [0.25, 0.3) is 0 Å². The Labute approximate surface area is 199 Å². The second-order valence-electron chi connectivity index (χ2n) is 2.23. The summed E-state index contributed by atoms with van der Waals surface area (Å²) in [6, 6.07) is 0. The summed E-state index contributed by atoms with van der Waals surface area (Å²) in [5.74, 6) is 0. The van der Waals surface area contributed by atoms with Crippen LogP contribution in [-0.2, 0) is 4.57 Å². The van der Waals surface area contributed by atoms with Crippen molar-refractivity contribution in [1.29, 1.82) is 0 Å². The molecule has 1 nitrogen and oxygen atoms in total. The summed E-state index contributed by atoms with van der Waals surface area (Å²) in [5, 5.41) is 0. The Morgan fingerprint density at radius 1 is 0.296 bits per heavy atom. The molecule has 0 amide bonds. The molecule has 136 valence electrons. The van der Waals surface area contributed by atoms with Crippen molar-refractivity contribution >= 4 is 197 Å². The van der Waals surface area contributed by atoms with Crippen LogP contribution >= 0.6 is 197 Å². The predicted octanol–water partition coefficient (Wildman–Crippen LogP) is 22.3. The van der Waals surface area contributed by atoms with E-state index in [0.717, 1.165) is 7.56 Å². The maximum absolute atomic E-state index is 10.3. The first-order chi connectivity index (χ1) is 13.4. The van der Waals surface area contributed by atoms with E-state index in [2.05, 4.69) is 8.34 Å². The fourth-order valence-electron chi connectivity index (χ4n) is 0.410. The predicted molar refractivity (Wildman–Crippen MR) is 181 cm³/mol. The summed E-state index contributed by atoms with van der Waals surface area (Å²) in [5.41, 5.74) is 0. The van der Waals surface area contributed by atoms with Gasteiger partial charge in [0.2, 0.25) is 8.15 Å². The van der Waals surface area contributed by atoms with E-state index in [0.29, 0.717) is 0 Å². The van der Waals surface area contributed by atoms with Gasteiger partial charge in [-0.25, -0.2) is 0 Å². The normalized spacial score (nSPS) is 14.6. The van der Waals surface area contributed by atoms with Gasteiger partial charge in [-0.15, -0.1) is 0 Å². The van der Waals surface area contributed by atoms with E-state index in [1.165, 1.54) is 67.4 Å². The molecule has 0 rings (SSSR count). The Balaban J connectivity index is 3.96. The van der Waals surface area contributed by atoms with Crippen LogP contribution in [0, 0.1) is 0 Å².